The van der Waals surface area contributed by atoms with E-state index < -0.39 is 5.41 Å². The van der Waals surface area contributed by atoms with Gasteiger partial charge >= 0.3 is 0 Å². The van der Waals surface area contributed by atoms with Crippen LogP contribution in [0, 0.1) is 5.41 Å². The molecule has 0 unspecified atom stereocenters. The van der Waals surface area contributed by atoms with Crippen LogP contribution in [0.1, 0.15) is 38.3 Å². The summed E-state index contributed by atoms with van der Waals surface area (Å²) in [5, 5.41) is 0. The topological polar surface area (TPSA) is 78.9 Å². The third kappa shape index (κ3) is 8.79. The summed E-state index contributed by atoms with van der Waals surface area (Å²) in [5.74, 6) is 0.268. The Labute approximate surface area is 261 Å². The molecule has 3 heterocycles. The first-order valence-electron chi connectivity index (χ1n) is 13.2. The number of aromatic nitrogens is 2. The number of benzene rings is 1. The number of carbonyl (C=O) groups excluding carboxylic acids is 2. The van der Waals surface area contributed by atoms with E-state index in [9.17, 15) is 9.59 Å². The molecule has 0 N–H and O–H groups in total. The van der Waals surface area contributed by atoms with E-state index in [-0.39, 0.29) is 49.0 Å². The van der Waals surface area contributed by atoms with Crippen molar-refractivity contribution in [3.63, 3.8) is 0 Å². The lowest BCUT2D eigenvalue weighted by Crippen LogP contribution is -2.47. The second kappa shape index (κ2) is 16.5. The summed E-state index contributed by atoms with van der Waals surface area (Å²) in [6, 6.07) is 13.8. The van der Waals surface area contributed by atoms with Gasteiger partial charge in [0.1, 0.15) is 11.2 Å². The summed E-state index contributed by atoms with van der Waals surface area (Å²) >= 11 is 0. The quantitative estimate of drug-likeness (QED) is 0.204. The predicted octanol–water partition coefficient (Wildman–Crippen LogP) is 5.61. The first-order chi connectivity index (χ1) is 18.3. The van der Waals surface area contributed by atoms with Crippen LogP contribution in [0.25, 0.3) is 0 Å². The number of hydrogen-bond donors (Lipinski definition) is 0. The van der Waals surface area contributed by atoms with Gasteiger partial charge in [-0.2, -0.15) is 0 Å². The van der Waals surface area contributed by atoms with Crippen LogP contribution in [0.4, 0.5) is 11.4 Å². The zero-order valence-electron chi connectivity index (χ0n) is 24.0. The third-order valence-electron chi connectivity index (χ3n) is 7.02. The smallest absolute Gasteiger partial charge is 0.242 e. The highest BCUT2D eigenvalue weighted by Gasteiger charge is 2.45. The summed E-state index contributed by atoms with van der Waals surface area (Å²) in [4.78, 5) is 40.2. The van der Waals surface area contributed by atoms with Gasteiger partial charge in [0.15, 0.2) is 0 Å². The molecule has 0 radical (unpaired) electrons. The van der Waals surface area contributed by atoms with E-state index in [0.29, 0.717) is 24.6 Å². The standard InChI is InChI=1S/C30H37N5O3.3ClH/c1-5-35-26-10-9-25(20-27(26)33(4)28(36)30(2,3)29(35)37)38-19-7-17-34(22-24-11-15-31-16-12-24)18-13-23-8-6-14-32-21-23;;;/h6,8-12,14-16,20-21H,5,7,13,17-19,22H2,1-4H3;3*1H. The van der Waals surface area contributed by atoms with Crippen molar-refractivity contribution in [3.8, 4) is 5.75 Å². The average Bonchev–Trinajstić information content (AvgIpc) is 2.99. The summed E-state index contributed by atoms with van der Waals surface area (Å²) in [7, 11) is 1.72. The highest BCUT2D eigenvalue weighted by Crippen LogP contribution is 2.40. The number of halogens is 3. The van der Waals surface area contributed by atoms with Crippen LogP contribution in [0.3, 0.4) is 0 Å². The van der Waals surface area contributed by atoms with Gasteiger partial charge in [-0.05, 0) is 75.1 Å². The van der Waals surface area contributed by atoms with E-state index >= 15 is 0 Å². The first kappa shape index (κ1) is 36.1. The van der Waals surface area contributed by atoms with Gasteiger partial charge < -0.3 is 14.5 Å². The largest absolute Gasteiger partial charge is 0.493 e. The monoisotopic (exact) mass is 623 g/mol. The Morgan fingerprint density at radius 1 is 0.878 bits per heavy atom. The molecular formula is C30H40Cl3N5O3. The minimum Gasteiger partial charge on any atom is -0.493 e. The van der Waals surface area contributed by atoms with Crippen LogP contribution in [-0.2, 0) is 22.6 Å². The first-order valence-corrected chi connectivity index (χ1v) is 13.2. The molecule has 1 aromatic carbocycles. The molecule has 224 valence electrons. The van der Waals surface area contributed by atoms with Crippen LogP contribution in [0.2, 0.25) is 0 Å². The van der Waals surface area contributed by atoms with E-state index in [2.05, 4.69) is 20.9 Å². The Balaban J connectivity index is 0.00000280. The molecule has 1 aliphatic rings. The maximum atomic E-state index is 13.1. The van der Waals surface area contributed by atoms with Crippen LogP contribution in [0.15, 0.2) is 67.3 Å². The van der Waals surface area contributed by atoms with Gasteiger partial charge in [-0.3, -0.25) is 24.5 Å². The van der Waals surface area contributed by atoms with E-state index in [1.807, 2.05) is 61.9 Å². The third-order valence-corrected chi connectivity index (χ3v) is 7.02. The molecule has 1 aliphatic heterocycles. The molecule has 0 atom stereocenters. The maximum Gasteiger partial charge on any atom is 0.242 e. The Bertz CT molecular complexity index is 1250. The van der Waals surface area contributed by atoms with Crippen LogP contribution < -0.4 is 14.5 Å². The number of carbonyl (C=O) groups is 2. The van der Waals surface area contributed by atoms with Gasteiger partial charge in [0.25, 0.3) is 0 Å². The Kier molecular flexibility index (Phi) is 14.5. The van der Waals surface area contributed by atoms with Crippen molar-refractivity contribution in [1.82, 2.24) is 14.9 Å². The lowest BCUT2D eigenvalue weighted by Gasteiger charge is -2.27. The van der Waals surface area contributed by atoms with Crippen LogP contribution in [0.5, 0.6) is 5.75 Å². The van der Waals surface area contributed by atoms with Gasteiger partial charge in [0.05, 0.1) is 18.0 Å². The van der Waals surface area contributed by atoms with Gasteiger partial charge in [-0.1, -0.05) is 6.07 Å². The van der Waals surface area contributed by atoms with Crippen molar-refractivity contribution in [3.05, 3.63) is 78.4 Å². The van der Waals surface area contributed by atoms with Crippen LogP contribution >= 0.6 is 37.2 Å². The molecule has 2 aromatic heterocycles. The molecule has 0 spiro atoms. The number of nitrogens with zero attached hydrogens (tertiary/aromatic N) is 5. The number of ether oxygens (including phenoxy) is 1. The van der Waals surface area contributed by atoms with Crippen molar-refractivity contribution in [1.29, 1.82) is 0 Å². The van der Waals surface area contributed by atoms with E-state index in [1.165, 1.54) is 11.1 Å². The summed E-state index contributed by atoms with van der Waals surface area (Å²) in [5.41, 5.74) is 2.73. The molecule has 0 fully saturated rings. The van der Waals surface area contributed by atoms with Crippen molar-refractivity contribution in [2.24, 2.45) is 5.41 Å². The number of pyridine rings is 2. The second-order valence-electron chi connectivity index (χ2n) is 10.1. The molecule has 0 saturated carbocycles. The minimum absolute atomic E-state index is 0. The number of amides is 2. The molecule has 2 amide bonds. The highest BCUT2D eigenvalue weighted by molar-refractivity contribution is 6.20. The van der Waals surface area contributed by atoms with Crippen LogP contribution in [-0.4, -0.2) is 60.0 Å². The fraction of sp³-hybridized carbons (Fsp3) is 0.400. The molecule has 0 bridgehead atoms. The van der Waals surface area contributed by atoms with Gasteiger partial charge in [0.2, 0.25) is 11.8 Å². The van der Waals surface area contributed by atoms with Crippen molar-refractivity contribution in [2.45, 2.75) is 40.2 Å². The van der Waals surface area contributed by atoms with Crippen molar-refractivity contribution in [2.75, 3.05) is 43.1 Å². The summed E-state index contributed by atoms with van der Waals surface area (Å²) < 4.78 is 6.12. The van der Waals surface area contributed by atoms with Crippen molar-refractivity contribution >= 4 is 60.4 Å². The molecule has 11 heteroatoms. The normalized spacial score (nSPS) is 13.9. The lowest BCUT2D eigenvalue weighted by molar-refractivity contribution is -0.137. The molecule has 0 saturated heterocycles. The predicted molar refractivity (Wildman–Crippen MR) is 171 cm³/mol. The Morgan fingerprint density at radius 3 is 2.27 bits per heavy atom. The van der Waals surface area contributed by atoms with Gasteiger partial charge in [0, 0.05) is 64.1 Å². The minimum atomic E-state index is -1.13. The van der Waals surface area contributed by atoms with Crippen molar-refractivity contribution < 1.29 is 14.3 Å². The lowest BCUT2D eigenvalue weighted by atomic mass is 9.90. The number of fused-ring (bicyclic) bond motifs is 1. The van der Waals surface area contributed by atoms with E-state index in [4.69, 9.17) is 4.74 Å². The zero-order chi connectivity index (χ0) is 27.1. The molecule has 0 aliphatic carbocycles. The molecule has 41 heavy (non-hydrogen) atoms. The SMILES string of the molecule is CCN1C(=O)C(C)(C)C(=O)N(C)c2cc(OCCCN(CCc3cccnc3)Cc3ccncc3)ccc21.Cl.Cl.Cl. The maximum absolute atomic E-state index is 13.1. The molecular weight excluding hydrogens is 585 g/mol. The fourth-order valence-corrected chi connectivity index (χ4v) is 4.80. The molecule has 4 rings (SSSR count). The fourth-order valence-electron chi connectivity index (χ4n) is 4.80. The summed E-state index contributed by atoms with van der Waals surface area (Å²) in [6.07, 6.45) is 9.13. The van der Waals surface area contributed by atoms with Gasteiger partial charge in [-0.25, -0.2) is 0 Å². The van der Waals surface area contributed by atoms with E-state index in [0.717, 1.165) is 38.2 Å². The second-order valence-corrected chi connectivity index (χ2v) is 10.1. The van der Waals surface area contributed by atoms with Gasteiger partial charge in [-0.15, -0.1) is 37.2 Å². The Morgan fingerprint density at radius 2 is 1.61 bits per heavy atom. The molecule has 3 aromatic rings. The number of anilines is 2. The number of hydrogen-bond acceptors (Lipinski definition) is 6. The highest BCUT2D eigenvalue weighted by atomic mass is 35.5. The Hall–Kier alpha value is -2.91. The zero-order valence-corrected chi connectivity index (χ0v) is 26.4. The molecule has 8 nitrogen and oxygen atoms in total. The van der Waals surface area contributed by atoms with E-state index in [1.54, 1.807) is 36.9 Å². The average molecular weight is 625 g/mol. The summed E-state index contributed by atoms with van der Waals surface area (Å²) in [6.45, 7) is 8.95. The number of rotatable bonds is 11.